The van der Waals surface area contributed by atoms with Crippen molar-refractivity contribution in [3.05, 3.63) is 12.3 Å². The van der Waals surface area contributed by atoms with Crippen LogP contribution in [0, 0.1) is 0 Å². The predicted octanol–water partition coefficient (Wildman–Crippen LogP) is 0.547. The molecule has 0 bridgehead atoms. The maximum atomic E-state index is 11.3. The van der Waals surface area contributed by atoms with Crippen molar-refractivity contribution >= 4 is 11.7 Å². The molecule has 0 aromatic carbocycles. The molecule has 1 saturated heterocycles. The normalized spacial score (nSPS) is 17.4. The first kappa shape index (κ1) is 7.34. The van der Waals surface area contributed by atoms with Gasteiger partial charge in [-0.3, -0.25) is 14.4 Å². The lowest BCUT2D eigenvalue weighted by molar-refractivity contribution is -0.117. The van der Waals surface area contributed by atoms with Crippen LogP contribution in [0.1, 0.15) is 12.8 Å². The first-order valence-corrected chi connectivity index (χ1v) is 4.07. The summed E-state index contributed by atoms with van der Waals surface area (Å²) in [5.41, 5.74) is 0. The second-order valence-corrected chi connectivity index (χ2v) is 3.00. The Bertz CT molecular complexity index is 305. The van der Waals surface area contributed by atoms with Gasteiger partial charge in [0.2, 0.25) is 5.91 Å². The molecule has 1 aromatic heterocycles. The largest absolute Gasteiger partial charge is 0.295 e. The van der Waals surface area contributed by atoms with Crippen LogP contribution in [0.2, 0.25) is 0 Å². The van der Waals surface area contributed by atoms with Crippen molar-refractivity contribution in [3.8, 4) is 0 Å². The van der Waals surface area contributed by atoms with Crippen LogP contribution in [0.25, 0.3) is 0 Å². The zero-order valence-electron chi connectivity index (χ0n) is 7.03. The minimum Gasteiger partial charge on any atom is -0.295 e. The molecule has 4 heteroatoms. The lowest BCUT2D eigenvalue weighted by Gasteiger charge is -2.10. The first-order valence-electron chi connectivity index (χ1n) is 4.07. The van der Waals surface area contributed by atoms with Crippen molar-refractivity contribution in [1.82, 2.24) is 9.78 Å². The highest BCUT2D eigenvalue weighted by Crippen LogP contribution is 2.17. The van der Waals surface area contributed by atoms with E-state index in [1.807, 2.05) is 19.3 Å². The molecule has 1 fully saturated rings. The minimum absolute atomic E-state index is 0.189. The molecule has 0 aliphatic carbocycles. The Labute approximate surface area is 70.8 Å². The van der Waals surface area contributed by atoms with Crippen molar-refractivity contribution < 1.29 is 4.79 Å². The summed E-state index contributed by atoms with van der Waals surface area (Å²) in [6, 6.07) is 1.86. The third kappa shape index (κ3) is 1.09. The summed E-state index contributed by atoms with van der Waals surface area (Å²) in [6.07, 6.45) is 3.47. The number of hydrogen-bond acceptors (Lipinski definition) is 2. The number of rotatable bonds is 1. The van der Waals surface area contributed by atoms with Gasteiger partial charge >= 0.3 is 0 Å². The SMILES string of the molecule is Cn1ccc(N2CCCC2=O)n1. The molecule has 2 heterocycles. The minimum atomic E-state index is 0.189. The number of aromatic nitrogens is 2. The van der Waals surface area contributed by atoms with Crippen LogP contribution < -0.4 is 4.90 Å². The number of hydrogen-bond donors (Lipinski definition) is 0. The molecule has 1 aromatic rings. The third-order valence-corrected chi connectivity index (χ3v) is 2.05. The van der Waals surface area contributed by atoms with E-state index in [4.69, 9.17) is 0 Å². The predicted molar refractivity (Wildman–Crippen MR) is 44.8 cm³/mol. The van der Waals surface area contributed by atoms with Crippen LogP contribution >= 0.6 is 0 Å². The lowest BCUT2D eigenvalue weighted by Crippen LogP contribution is -2.24. The summed E-state index contributed by atoms with van der Waals surface area (Å²) >= 11 is 0. The molecule has 4 nitrogen and oxygen atoms in total. The highest BCUT2D eigenvalue weighted by molar-refractivity contribution is 5.94. The summed E-state index contributed by atoms with van der Waals surface area (Å²) in [6.45, 7) is 0.815. The Kier molecular flexibility index (Phi) is 1.60. The topological polar surface area (TPSA) is 38.1 Å². The first-order chi connectivity index (χ1) is 5.77. The van der Waals surface area contributed by atoms with Crippen molar-refractivity contribution in [2.24, 2.45) is 7.05 Å². The number of anilines is 1. The maximum absolute atomic E-state index is 11.3. The van der Waals surface area contributed by atoms with Crippen LogP contribution in [-0.2, 0) is 11.8 Å². The second kappa shape index (κ2) is 2.62. The molecule has 1 aliphatic rings. The van der Waals surface area contributed by atoms with E-state index in [0.29, 0.717) is 6.42 Å². The van der Waals surface area contributed by atoms with Crippen LogP contribution in [0.5, 0.6) is 0 Å². The van der Waals surface area contributed by atoms with E-state index in [2.05, 4.69) is 5.10 Å². The standard InChI is InChI=1S/C8H11N3O/c1-10-6-4-7(9-10)11-5-2-3-8(11)12/h4,6H,2-3,5H2,1H3. The average molecular weight is 165 g/mol. The number of nitrogens with zero attached hydrogens (tertiary/aromatic N) is 3. The fourth-order valence-electron chi connectivity index (χ4n) is 1.44. The van der Waals surface area contributed by atoms with Crippen molar-refractivity contribution in [2.45, 2.75) is 12.8 Å². The van der Waals surface area contributed by atoms with Gasteiger partial charge in [-0.2, -0.15) is 5.10 Å². The Morgan fingerprint density at radius 1 is 1.58 bits per heavy atom. The molecule has 64 valence electrons. The molecule has 0 atom stereocenters. The Balaban J connectivity index is 2.24. The molecule has 0 spiro atoms. The average Bonchev–Trinajstić information content (AvgIpc) is 2.58. The van der Waals surface area contributed by atoms with Crippen LogP contribution in [0.4, 0.5) is 5.82 Å². The second-order valence-electron chi connectivity index (χ2n) is 3.00. The van der Waals surface area contributed by atoms with E-state index < -0.39 is 0 Å². The zero-order chi connectivity index (χ0) is 8.55. The molecule has 0 radical (unpaired) electrons. The van der Waals surface area contributed by atoms with E-state index in [1.54, 1.807) is 9.58 Å². The van der Waals surface area contributed by atoms with Gasteiger partial charge in [-0.25, -0.2) is 0 Å². The van der Waals surface area contributed by atoms with Crippen LogP contribution in [0.3, 0.4) is 0 Å². The summed E-state index contributed by atoms with van der Waals surface area (Å²) in [5, 5.41) is 4.16. The highest BCUT2D eigenvalue weighted by Gasteiger charge is 2.22. The van der Waals surface area contributed by atoms with Gasteiger partial charge in [0.1, 0.15) is 0 Å². The number of carbonyl (C=O) groups is 1. The van der Waals surface area contributed by atoms with Crippen LogP contribution in [0.15, 0.2) is 12.3 Å². The lowest BCUT2D eigenvalue weighted by atomic mass is 10.4. The maximum Gasteiger partial charge on any atom is 0.228 e. The molecular weight excluding hydrogens is 154 g/mol. The molecule has 2 rings (SSSR count). The molecule has 1 amide bonds. The van der Waals surface area contributed by atoms with Gasteiger partial charge in [0.15, 0.2) is 5.82 Å². The van der Waals surface area contributed by atoms with E-state index in [0.717, 1.165) is 18.8 Å². The smallest absolute Gasteiger partial charge is 0.228 e. The number of aryl methyl sites for hydroxylation is 1. The molecular formula is C8H11N3O. The van der Waals surface area contributed by atoms with E-state index in [1.165, 1.54) is 0 Å². The van der Waals surface area contributed by atoms with Crippen molar-refractivity contribution in [1.29, 1.82) is 0 Å². The van der Waals surface area contributed by atoms with Gasteiger partial charge < -0.3 is 0 Å². The fraction of sp³-hybridized carbons (Fsp3) is 0.500. The van der Waals surface area contributed by atoms with Gasteiger partial charge in [0, 0.05) is 32.3 Å². The Hall–Kier alpha value is -1.32. The highest BCUT2D eigenvalue weighted by atomic mass is 16.2. The molecule has 0 saturated carbocycles. The Morgan fingerprint density at radius 2 is 2.42 bits per heavy atom. The summed E-state index contributed by atoms with van der Waals surface area (Å²) in [4.78, 5) is 13.0. The van der Waals surface area contributed by atoms with Crippen molar-refractivity contribution in [2.75, 3.05) is 11.4 Å². The quantitative estimate of drug-likeness (QED) is 0.609. The fourth-order valence-corrected chi connectivity index (χ4v) is 1.44. The molecule has 12 heavy (non-hydrogen) atoms. The van der Waals surface area contributed by atoms with Gasteiger partial charge in [0.05, 0.1) is 0 Å². The molecule has 1 aliphatic heterocycles. The summed E-state index contributed by atoms with van der Waals surface area (Å²) in [7, 11) is 1.85. The van der Waals surface area contributed by atoms with Gasteiger partial charge in [-0.15, -0.1) is 0 Å². The number of amides is 1. The van der Waals surface area contributed by atoms with E-state index in [9.17, 15) is 4.79 Å². The van der Waals surface area contributed by atoms with Gasteiger partial charge in [-0.05, 0) is 6.42 Å². The van der Waals surface area contributed by atoms with Gasteiger partial charge in [0.25, 0.3) is 0 Å². The summed E-state index contributed by atoms with van der Waals surface area (Å²) < 4.78 is 1.71. The van der Waals surface area contributed by atoms with Gasteiger partial charge in [-0.1, -0.05) is 0 Å². The number of carbonyl (C=O) groups excluding carboxylic acids is 1. The van der Waals surface area contributed by atoms with Crippen LogP contribution in [-0.4, -0.2) is 22.2 Å². The summed E-state index contributed by atoms with van der Waals surface area (Å²) in [5.74, 6) is 0.966. The molecule has 0 unspecified atom stereocenters. The van der Waals surface area contributed by atoms with Crippen molar-refractivity contribution in [3.63, 3.8) is 0 Å². The monoisotopic (exact) mass is 165 g/mol. The zero-order valence-corrected chi connectivity index (χ0v) is 7.03. The third-order valence-electron chi connectivity index (χ3n) is 2.05. The Morgan fingerprint density at radius 3 is 2.92 bits per heavy atom. The van der Waals surface area contributed by atoms with E-state index >= 15 is 0 Å². The molecule has 0 N–H and O–H groups in total. The van der Waals surface area contributed by atoms with E-state index in [-0.39, 0.29) is 5.91 Å².